The van der Waals surface area contributed by atoms with Crippen LogP contribution in [0.2, 0.25) is 0 Å². The van der Waals surface area contributed by atoms with E-state index in [1.54, 1.807) is 24.3 Å². The van der Waals surface area contributed by atoms with E-state index in [4.69, 9.17) is 10.8 Å². The number of thiol groups is 1. The van der Waals surface area contributed by atoms with Gasteiger partial charge in [0.25, 0.3) is 0 Å². The van der Waals surface area contributed by atoms with Gasteiger partial charge in [0, 0.05) is 18.6 Å². The summed E-state index contributed by atoms with van der Waals surface area (Å²) in [6, 6.07) is 6.86. The van der Waals surface area contributed by atoms with Gasteiger partial charge in [-0.25, -0.2) is 4.79 Å². The average molecular weight is 577 g/mol. The van der Waals surface area contributed by atoms with Crippen molar-refractivity contribution in [2.24, 2.45) is 5.73 Å². The molecule has 0 spiro atoms. The summed E-state index contributed by atoms with van der Waals surface area (Å²) in [5, 5.41) is 44.3. The fraction of sp³-hybridized carbons (Fsp3) is 0.346. The standard InChI is InChI=1S/C26H32N4O9S/c27-18(11-14-1-5-16(31)6-2-14)23(35)29-20(12-15-3-7-17(32)8-4-15)24(36)30-21(13-40)25(37)28-19(26(38)39)9-10-22(33)34/h1-8,18-21,31-32,40H,9-13,27H2,(H,28,37)(H,29,35)(H,30,36)(H,33,34)(H,38,39). The Labute approximate surface area is 235 Å². The molecule has 0 fully saturated rings. The third-order valence-corrected chi connectivity index (χ3v) is 6.18. The van der Waals surface area contributed by atoms with E-state index in [9.17, 15) is 39.3 Å². The molecule has 4 atom stereocenters. The van der Waals surface area contributed by atoms with Crippen LogP contribution >= 0.6 is 12.6 Å². The molecule has 0 aliphatic rings. The van der Waals surface area contributed by atoms with Crippen LogP contribution in [0, 0.1) is 0 Å². The molecule has 40 heavy (non-hydrogen) atoms. The summed E-state index contributed by atoms with van der Waals surface area (Å²) in [6.45, 7) is 0. The monoisotopic (exact) mass is 576 g/mol. The Kier molecular flexibility index (Phi) is 12.2. The average Bonchev–Trinajstić information content (AvgIpc) is 2.91. The summed E-state index contributed by atoms with van der Waals surface area (Å²) in [7, 11) is 0. The molecule has 14 heteroatoms. The van der Waals surface area contributed by atoms with Gasteiger partial charge in [-0.2, -0.15) is 12.6 Å². The van der Waals surface area contributed by atoms with Gasteiger partial charge in [-0.3, -0.25) is 19.2 Å². The highest BCUT2D eigenvalue weighted by molar-refractivity contribution is 7.80. The number of phenolic OH excluding ortho intramolecular Hbond substituents is 2. The molecule has 0 bridgehead atoms. The number of amides is 3. The van der Waals surface area contributed by atoms with Crippen LogP contribution in [0.4, 0.5) is 0 Å². The van der Waals surface area contributed by atoms with Gasteiger partial charge in [0.15, 0.2) is 0 Å². The molecule has 4 unspecified atom stereocenters. The highest BCUT2D eigenvalue weighted by Gasteiger charge is 2.30. The van der Waals surface area contributed by atoms with Crippen molar-refractivity contribution in [3.05, 3.63) is 59.7 Å². The van der Waals surface area contributed by atoms with E-state index in [2.05, 4.69) is 28.6 Å². The van der Waals surface area contributed by atoms with Gasteiger partial charge in [-0.05, 0) is 48.2 Å². The topological polar surface area (TPSA) is 228 Å². The van der Waals surface area contributed by atoms with Crippen LogP contribution in [0.1, 0.15) is 24.0 Å². The minimum absolute atomic E-state index is 0.00704. The predicted octanol–water partition coefficient (Wildman–Crippen LogP) is -0.456. The van der Waals surface area contributed by atoms with Crippen molar-refractivity contribution in [1.82, 2.24) is 16.0 Å². The summed E-state index contributed by atoms with van der Waals surface area (Å²) in [6.07, 6.45) is -0.808. The number of carbonyl (C=O) groups is 5. The Morgan fingerprint density at radius 1 is 0.700 bits per heavy atom. The van der Waals surface area contributed by atoms with Crippen molar-refractivity contribution >= 4 is 42.3 Å². The molecular formula is C26H32N4O9S. The number of aliphatic carboxylic acids is 2. The summed E-state index contributed by atoms with van der Waals surface area (Å²) in [5.74, 6) is -5.24. The van der Waals surface area contributed by atoms with Gasteiger partial charge >= 0.3 is 11.9 Å². The van der Waals surface area contributed by atoms with Crippen LogP contribution in [0.15, 0.2) is 48.5 Å². The summed E-state index contributed by atoms with van der Waals surface area (Å²) in [4.78, 5) is 61.1. The van der Waals surface area contributed by atoms with Gasteiger partial charge in [0.1, 0.15) is 29.6 Å². The molecule has 2 rings (SSSR count). The Bertz CT molecular complexity index is 1190. The van der Waals surface area contributed by atoms with E-state index in [0.29, 0.717) is 11.1 Å². The van der Waals surface area contributed by atoms with Gasteiger partial charge < -0.3 is 42.1 Å². The molecule has 0 radical (unpaired) electrons. The van der Waals surface area contributed by atoms with E-state index in [0.717, 1.165) is 0 Å². The molecule has 0 saturated carbocycles. The summed E-state index contributed by atoms with van der Waals surface area (Å²) < 4.78 is 0. The van der Waals surface area contributed by atoms with Crippen LogP contribution in [0.5, 0.6) is 11.5 Å². The Hall–Kier alpha value is -4.30. The lowest BCUT2D eigenvalue weighted by Crippen LogP contribution is -2.58. The molecular weight excluding hydrogens is 544 g/mol. The first-order valence-electron chi connectivity index (χ1n) is 12.2. The Morgan fingerprint density at radius 3 is 1.62 bits per heavy atom. The van der Waals surface area contributed by atoms with E-state index in [-0.39, 0.29) is 36.5 Å². The minimum atomic E-state index is -1.51. The number of rotatable bonds is 15. The van der Waals surface area contributed by atoms with Crippen LogP contribution in [-0.4, -0.2) is 80.0 Å². The minimum Gasteiger partial charge on any atom is -0.508 e. The molecule has 2 aromatic carbocycles. The second kappa shape index (κ2) is 15.3. The van der Waals surface area contributed by atoms with Gasteiger partial charge in [-0.15, -0.1) is 0 Å². The smallest absolute Gasteiger partial charge is 0.326 e. The molecule has 0 aliphatic heterocycles. The van der Waals surface area contributed by atoms with Crippen molar-refractivity contribution in [1.29, 1.82) is 0 Å². The molecule has 0 heterocycles. The molecule has 0 saturated heterocycles. The fourth-order valence-corrected chi connectivity index (χ4v) is 3.86. The largest absolute Gasteiger partial charge is 0.508 e. The molecule has 13 nitrogen and oxygen atoms in total. The number of hydrogen-bond donors (Lipinski definition) is 9. The van der Waals surface area contributed by atoms with E-state index in [1.165, 1.54) is 24.3 Å². The van der Waals surface area contributed by atoms with Gasteiger partial charge in [0.05, 0.1) is 6.04 Å². The van der Waals surface area contributed by atoms with Crippen LogP contribution < -0.4 is 21.7 Å². The number of carboxylic acid groups (broad SMARTS) is 2. The number of phenols is 2. The molecule has 0 aromatic heterocycles. The number of aromatic hydroxyl groups is 2. The van der Waals surface area contributed by atoms with Crippen molar-refractivity contribution in [3.63, 3.8) is 0 Å². The van der Waals surface area contributed by atoms with E-state index < -0.39 is 60.2 Å². The third-order valence-electron chi connectivity index (χ3n) is 5.81. The lowest BCUT2D eigenvalue weighted by molar-refractivity contribution is -0.143. The number of hydrogen-bond acceptors (Lipinski definition) is 9. The molecule has 0 aliphatic carbocycles. The molecule has 2 aromatic rings. The maximum absolute atomic E-state index is 13.2. The highest BCUT2D eigenvalue weighted by atomic mass is 32.1. The first-order chi connectivity index (χ1) is 18.9. The predicted molar refractivity (Wildman–Crippen MR) is 146 cm³/mol. The normalized spacial score (nSPS) is 13.8. The van der Waals surface area contributed by atoms with Crippen LogP contribution in [-0.2, 0) is 36.8 Å². The fourth-order valence-electron chi connectivity index (χ4n) is 3.60. The zero-order valence-electron chi connectivity index (χ0n) is 21.3. The number of carbonyl (C=O) groups excluding carboxylic acids is 3. The second-order valence-electron chi connectivity index (χ2n) is 8.98. The third kappa shape index (κ3) is 10.5. The second-order valence-corrected chi connectivity index (χ2v) is 9.35. The highest BCUT2D eigenvalue weighted by Crippen LogP contribution is 2.13. The van der Waals surface area contributed by atoms with Crippen molar-refractivity contribution in [2.75, 3.05) is 5.75 Å². The molecule has 216 valence electrons. The number of nitrogens with two attached hydrogens (primary N) is 1. The maximum Gasteiger partial charge on any atom is 0.326 e. The van der Waals surface area contributed by atoms with E-state index >= 15 is 0 Å². The Balaban J connectivity index is 2.16. The first kappa shape index (κ1) is 31.9. The van der Waals surface area contributed by atoms with Crippen molar-refractivity contribution < 1.29 is 44.4 Å². The zero-order chi connectivity index (χ0) is 29.8. The van der Waals surface area contributed by atoms with Crippen LogP contribution in [0.25, 0.3) is 0 Å². The van der Waals surface area contributed by atoms with Crippen molar-refractivity contribution in [2.45, 2.75) is 49.9 Å². The van der Waals surface area contributed by atoms with Crippen LogP contribution in [0.3, 0.4) is 0 Å². The quantitative estimate of drug-likeness (QED) is 0.124. The summed E-state index contributed by atoms with van der Waals surface area (Å²) >= 11 is 4.06. The number of carboxylic acids is 2. The first-order valence-corrected chi connectivity index (χ1v) is 12.8. The van der Waals surface area contributed by atoms with Gasteiger partial charge in [-0.1, -0.05) is 24.3 Å². The van der Waals surface area contributed by atoms with Crippen molar-refractivity contribution in [3.8, 4) is 11.5 Å². The number of benzene rings is 2. The van der Waals surface area contributed by atoms with E-state index in [1.807, 2.05) is 0 Å². The lowest BCUT2D eigenvalue weighted by Gasteiger charge is -2.24. The maximum atomic E-state index is 13.2. The Morgan fingerprint density at radius 2 is 1.15 bits per heavy atom. The molecule has 9 N–H and O–H groups in total. The molecule has 3 amide bonds. The van der Waals surface area contributed by atoms with Gasteiger partial charge in [0.2, 0.25) is 17.7 Å². The summed E-state index contributed by atoms with van der Waals surface area (Å²) in [5.41, 5.74) is 7.28. The number of nitrogens with one attached hydrogen (secondary N) is 3. The SMILES string of the molecule is NC(Cc1ccc(O)cc1)C(=O)NC(Cc1ccc(O)cc1)C(=O)NC(CS)C(=O)NC(CCC(=O)O)C(=O)O. The zero-order valence-corrected chi connectivity index (χ0v) is 22.2. The lowest BCUT2D eigenvalue weighted by atomic mass is 10.0.